The van der Waals surface area contributed by atoms with Gasteiger partial charge in [-0.3, -0.25) is 9.69 Å². The van der Waals surface area contributed by atoms with Crippen molar-refractivity contribution in [3.63, 3.8) is 0 Å². The molecule has 1 aliphatic carbocycles. The maximum absolute atomic E-state index is 13.6. The lowest BCUT2D eigenvalue weighted by Crippen LogP contribution is -2.49. The number of nitrogens with one attached hydrogen (secondary N) is 1. The Hall–Kier alpha value is -3.19. The fraction of sp³-hybridized carbons (Fsp3) is 0.292. The Morgan fingerprint density at radius 3 is 2.42 bits per heavy atom. The van der Waals surface area contributed by atoms with Crippen LogP contribution in [-0.4, -0.2) is 42.1 Å². The van der Waals surface area contributed by atoms with Crippen LogP contribution in [0, 0.1) is 11.6 Å². The molecule has 1 aromatic heterocycles. The normalized spacial score (nSPS) is 19.7. The molecule has 7 heteroatoms. The lowest BCUT2D eigenvalue weighted by Gasteiger charge is -2.38. The van der Waals surface area contributed by atoms with Crippen molar-refractivity contribution >= 4 is 27.7 Å². The van der Waals surface area contributed by atoms with Gasteiger partial charge in [-0.2, -0.15) is 0 Å². The van der Waals surface area contributed by atoms with E-state index in [4.69, 9.17) is 5.73 Å². The summed E-state index contributed by atoms with van der Waals surface area (Å²) in [7, 11) is 0. The molecule has 160 valence electrons. The zero-order valence-corrected chi connectivity index (χ0v) is 17.1. The summed E-state index contributed by atoms with van der Waals surface area (Å²) >= 11 is 0. The van der Waals surface area contributed by atoms with Crippen molar-refractivity contribution in [2.45, 2.75) is 18.9 Å². The average Bonchev–Trinajstić information content (AvgIpc) is 3.25. The molecule has 31 heavy (non-hydrogen) atoms. The van der Waals surface area contributed by atoms with Crippen LogP contribution in [-0.2, 0) is 0 Å². The second-order valence-corrected chi connectivity index (χ2v) is 8.27. The van der Waals surface area contributed by atoms with Crippen molar-refractivity contribution in [1.29, 1.82) is 0 Å². The number of fused-ring (bicyclic) bond motifs is 1. The Morgan fingerprint density at radius 2 is 1.68 bits per heavy atom. The fourth-order valence-electron chi connectivity index (χ4n) is 4.71. The molecule has 1 aliphatic heterocycles. The number of hydrogen-bond donors (Lipinski definition) is 2. The number of nitrogens with two attached hydrogens (primary N) is 1. The Labute approximate surface area is 178 Å². The molecule has 2 aliphatic rings. The molecular formula is C24H24F2N4O. The van der Waals surface area contributed by atoms with Crippen LogP contribution in [0.1, 0.15) is 18.5 Å². The number of allylic oxidation sites excluding steroid dienone is 1. The van der Waals surface area contributed by atoms with E-state index in [1.807, 2.05) is 18.2 Å². The molecule has 5 rings (SSSR count). The number of rotatable bonds is 3. The summed E-state index contributed by atoms with van der Waals surface area (Å²) in [6, 6.07) is 11.3. The van der Waals surface area contributed by atoms with Gasteiger partial charge in [0.25, 0.3) is 5.56 Å². The maximum Gasteiger partial charge on any atom is 0.256 e. The van der Waals surface area contributed by atoms with Gasteiger partial charge < -0.3 is 15.6 Å². The number of nitrogen functional groups attached to an aromatic ring is 1. The minimum Gasteiger partial charge on any atom is -0.398 e. The van der Waals surface area contributed by atoms with E-state index in [1.54, 1.807) is 0 Å². The summed E-state index contributed by atoms with van der Waals surface area (Å²) in [6.07, 6.45) is 4.08. The van der Waals surface area contributed by atoms with Gasteiger partial charge in [-0.15, -0.1) is 0 Å². The smallest absolute Gasteiger partial charge is 0.256 e. The molecule has 2 heterocycles. The number of piperazine rings is 1. The minimum absolute atomic E-state index is 0.218. The third-order valence-electron chi connectivity index (χ3n) is 6.38. The summed E-state index contributed by atoms with van der Waals surface area (Å²) in [5.41, 5.74) is 8.80. The van der Waals surface area contributed by atoms with Gasteiger partial charge in [0.2, 0.25) is 0 Å². The first-order valence-corrected chi connectivity index (χ1v) is 10.6. The molecule has 1 atom stereocenters. The largest absolute Gasteiger partial charge is 0.398 e. The molecule has 0 spiro atoms. The molecule has 5 nitrogen and oxygen atoms in total. The predicted molar refractivity (Wildman–Crippen MR) is 120 cm³/mol. The number of H-pyrrole nitrogens is 1. The number of halogens is 2. The van der Waals surface area contributed by atoms with Gasteiger partial charge in [-0.05, 0) is 60.9 Å². The molecule has 2 aromatic carbocycles. The van der Waals surface area contributed by atoms with E-state index in [0.29, 0.717) is 11.4 Å². The van der Waals surface area contributed by atoms with E-state index in [-0.39, 0.29) is 22.5 Å². The van der Waals surface area contributed by atoms with Crippen LogP contribution < -0.4 is 16.2 Å². The van der Waals surface area contributed by atoms with Gasteiger partial charge in [0.05, 0.1) is 5.39 Å². The van der Waals surface area contributed by atoms with Crippen LogP contribution in [0.2, 0.25) is 0 Å². The molecule has 1 fully saturated rings. The van der Waals surface area contributed by atoms with E-state index in [0.717, 1.165) is 56.0 Å². The highest BCUT2D eigenvalue weighted by Crippen LogP contribution is 2.32. The van der Waals surface area contributed by atoms with E-state index in [9.17, 15) is 13.6 Å². The second kappa shape index (κ2) is 7.81. The van der Waals surface area contributed by atoms with Crippen molar-refractivity contribution in [3.8, 4) is 0 Å². The first-order chi connectivity index (χ1) is 15.0. The van der Waals surface area contributed by atoms with Gasteiger partial charge in [0, 0.05) is 54.7 Å². The van der Waals surface area contributed by atoms with Gasteiger partial charge >= 0.3 is 0 Å². The molecule has 0 bridgehead atoms. The molecule has 0 radical (unpaired) electrons. The summed E-state index contributed by atoms with van der Waals surface area (Å²) in [4.78, 5) is 20.1. The Kier molecular flexibility index (Phi) is 4.98. The van der Waals surface area contributed by atoms with Crippen molar-refractivity contribution in [2.24, 2.45) is 0 Å². The van der Waals surface area contributed by atoms with Crippen molar-refractivity contribution in [3.05, 3.63) is 76.2 Å². The number of hydrogen-bond acceptors (Lipinski definition) is 4. The second-order valence-electron chi connectivity index (χ2n) is 8.27. The van der Waals surface area contributed by atoms with E-state index in [1.165, 1.54) is 24.3 Å². The summed E-state index contributed by atoms with van der Waals surface area (Å²) in [5.74, 6) is -0.729. The van der Waals surface area contributed by atoms with Crippen molar-refractivity contribution in [2.75, 3.05) is 36.8 Å². The third kappa shape index (κ3) is 3.81. The van der Waals surface area contributed by atoms with E-state index in [2.05, 4.69) is 20.9 Å². The minimum atomic E-state index is -0.511. The number of benzene rings is 2. The average molecular weight is 422 g/mol. The highest BCUT2D eigenvalue weighted by atomic mass is 19.1. The predicted octanol–water partition coefficient (Wildman–Crippen LogP) is 3.76. The zero-order chi connectivity index (χ0) is 21.5. The lowest BCUT2D eigenvalue weighted by atomic mass is 10.1. The summed E-state index contributed by atoms with van der Waals surface area (Å²) in [5, 5.41) is 0.853. The van der Waals surface area contributed by atoms with Crippen molar-refractivity contribution < 1.29 is 8.78 Å². The maximum atomic E-state index is 13.6. The molecule has 1 saturated heterocycles. The number of aromatic amines is 1. The fourth-order valence-corrected chi connectivity index (χ4v) is 4.71. The zero-order valence-electron chi connectivity index (χ0n) is 17.1. The van der Waals surface area contributed by atoms with Gasteiger partial charge in [-0.1, -0.05) is 6.08 Å². The SMILES string of the molecule is Nc1cc(F)cc2c(=O)[nH]c(C3=C[C@@H](N4CCN(c5ccc(F)cc5)CC4)CC3)cc12. The monoisotopic (exact) mass is 422 g/mol. The van der Waals surface area contributed by atoms with Crippen LogP contribution in [0.3, 0.4) is 0 Å². The van der Waals surface area contributed by atoms with Crippen LogP contribution in [0.4, 0.5) is 20.2 Å². The highest BCUT2D eigenvalue weighted by molar-refractivity contribution is 5.94. The molecule has 3 aromatic rings. The molecule has 0 unspecified atom stereocenters. The summed E-state index contributed by atoms with van der Waals surface area (Å²) < 4.78 is 26.8. The Bertz CT molecular complexity index is 1210. The lowest BCUT2D eigenvalue weighted by molar-refractivity contribution is 0.214. The molecule has 0 amide bonds. The van der Waals surface area contributed by atoms with Gasteiger partial charge in [-0.25, -0.2) is 8.78 Å². The van der Waals surface area contributed by atoms with Gasteiger partial charge in [0.15, 0.2) is 0 Å². The highest BCUT2D eigenvalue weighted by Gasteiger charge is 2.27. The number of pyridine rings is 1. The third-order valence-corrected chi connectivity index (χ3v) is 6.38. The molecular weight excluding hydrogens is 398 g/mol. The van der Waals surface area contributed by atoms with Crippen LogP contribution in [0.25, 0.3) is 16.3 Å². The Balaban J connectivity index is 1.32. The Morgan fingerprint density at radius 1 is 0.935 bits per heavy atom. The van der Waals surface area contributed by atoms with Crippen molar-refractivity contribution in [1.82, 2.24) is 9.88 Å². The van der Waals surface area contributed by atoms with E-state index < -0.39 is 5.82 Å². The van der Waals surface area contributed by atoms with Crippen LogP contribution >= 0.6 is 0 Å². The first kappa shape index (κ1) is 19.8. The quantitative estimate of drug-likeness (QED) is 0.631. The van der Waals surface area contributed by atoms with Crippen LogP contribution in [0.15, 0.2) is 53.3 Å². The number of nitrogens with zero attached hydrogens (tertiary/aromatic N) is 2. The molecule has 0 saturated carbocycles. The number of anilines is 2. The topological polar surface area (TPSA) is 65.4 Å². The van der Waals surface area contributed by atoms with Crippen LogP contribution in [0.5, 0.6) is 0 Å². The standard InChI is InChI=1S/C24H24F2N4O/c25-16-2-5-18(6-3-16)29-7-9-30(10-8-29)19-4-1-15(11-19)23-14-20-21(24(31)28-23)12-17(26)13-22(20)27/h2-3,5-6,11-14,19H,1,4,7-10,27H2,(H,28,31)/t19-/m0/s1. The van der Waals surface area contributed by atoms with Gasteiger partial charge in [0.1, 0.15) is 11.6 Å². The summed E-state index contributed by atoms with van der Waals surface area (Å²) in [6.45, 7) is 3.62. The first-order valence-electron chi connectivity index (χ1n) is 10.6. The van der Waals surface area contributed by atoms with E-state index >= 15 is 0 Å². The molecule has 3 N–H and O–H groups in total. The number of aromatic nitrogens is 1.